The van der Waals surface area contributed by atoms with Gasteiger partial charge in [-0.15, -0.1) is 0 Å². The third-order valence-corrected chi connectivity index (χ3v) is 4.51. The van der Waals surface area contributed by atoms with Gasteiger partial charge in [0.25, 0.3) is 11.5 Å². The minimum absolute atomic E-state index is 0.146. The Morgan fingerprint density at radius 1 is 1.12 bits per heavy atom. The standard InChI is InChI=1S/C20H21N3O3/c1-11-6-7-17(26-5)15(8-11)22-19(24)18-20(25)23(4)16-10-13(3)12(2)9-14(16)21-18/h6-10H,1-5H3,(H,22,24). The minimum Gasteiger partial charge on any atom is -0.495 e. The van der Waals surface area contributed by atoms with E-state index in [0.29, 0.717) is 22.5 Å². The molecule has 26 heavy (non-hydrogen) atoms. The van der Waals surface area contributed by atoms with Gasteiger partial charge in [-0.1, -0.05) is 6.07 Å². The lowest BCUT2D eigenvalue weighted by atomic mass is 10.1. The number of hydrogen-bond donors (Lipinski definition) is 1. The lowest BCUT2D eigenvalue weighted by molar-refractivity contribution is 0.102. The Bertz CT molecular complexity index is 1080. The summed E-state index contributed by atoms with van der Waals surface area (Å²) in [5.74, 6) is -0.0392. The molecule has 0 saturated carbocycles. The molecule has 3 aromatic rings. The second-order valence-corrected chi connectivity index (χ2v) is 6.41. The van der Waals surface area contributed by atoms with Crippen molar-refractivity contribution in [2.75, 3.05) is 12.4 Å². The second kappa shape index (κ2) is 6.63. The number of hydrogen-bond acceptors (Lipinski definition) is 4. The van der Waals surface area contributed by atoms with E-state index in [9.17, 15) is 9.59 Å². The predicted octanol–water partition coefficient (Wildman–Crippen LogP) is 3.12. The molecule has 1 heterocycles. The zero-order chi connectivity index (χ0) is 19.0. The van der Waals surface area contributed by atoms with Crippen LogP contribution in [0.2, 0.25) is 0 Å². The van der Waals surface area contributed by atoms with E-state index in [1.54, 1.807) is 19.2 Å². The normalized spacial score (nSPS) is 10.8. The zero-order valence-electron chi connectivity index (χ0n) is 15.5. The first-order valence-electron chi connectivity index (χ1n) is 8.25. The number of nitrogens with zero attached hydrogens (tertiary/aromatic N) is 2. The molecule has 0 bridgehead atoms. The average Bonchev–Trinajstić information content (AvgIpc) is 2.60. The molecule has 0 aliphatic carbocycles. The first-order chi connectivity index (χ1) is 12.3. The third-order valence-electron chi connectivity index (χ3n) is 4.51. The molecule has 0 atom stereocenters. The average molecular weight is 351 g/mol. The van der Waals surface area contributed by atoms with E-state index < -0.39 is 11.5 Å². The highest BCUT2D eigenvalue weighted by molar-refractivity contribution is 6.04. The monoisotopic (exact) mass is 351 g/mol. The highest BCUT2D eigenvalue weighted by Gasteiger charge is 2.18. The number of ether oxygens (including phenoxy) is 1. The van der Waals surface area contributed by atoms with Crippen LogP contribution in [0.25, 0.3) is 11.0 Å². The summed E-state index contributed by atoms with van der Waals surface area (Å²) in [5, 5.41) is 2.74. The number of anilines is 1. The van der Waals surface area contributed by atoms with Crippen molar-refractivity contribution in [1.29, 1.82) is 0 Å². The van der Waals surface area contributed by atoms with Gasteiger partial charge in [0.15, 0.2) is 5.69 Å². The summed E-state index contributed by atoms with van der Waals surface area (Å²) in [6.07, 6.45) is 0. The number of fused-ring (bicyclic) bond motifs is 1. The fraction of sp³-hybridized carbons (Fsp3) is 0.250. The van der Waals surface area contributed by atoms with Crippen LogP contribution in [0, 0.1) is 20.8 Å². The number of methoxy groups -OCH3 is 1. The van der Waals surface area contributed by atoms with Crippen LogP contribution >= 0.6 is 0 Å². The number of nitrogens with one attached hydrogen (secondary N) is 1. The van der Waals surface area contributed by atoms with Crippen LogP contribution in [0.1, 0.15) is 27.2 Å². The van der Waals surface area contributed by atoms with Crippen LogP contribution in [-0.2, 0) is 7.05 Å². The molecule has 0 unspecified atom stereocenters. The third kappa shape index (κ3) is 3.06. The van der Waals surface area contributed by atoms with Crippen molar-refractivity contribution >= 4 is 22.6 Å². The van der Waals surface area contributed by atoms with Crippen molar-refractivity contribution in [3.63, 3.8) is 0 Å². The van der Waals surface area contributed by atoms with Crippen LogP contribution in [0.4, 0.5) is 5.69 Å². The maximum Gasteiger partial charge on any atom is 0.282 e. The molecule has 2 aromatic carbocycles. The Morgan fingerprint density at radius 2 is 1.81 bits per heavy atom. The number of aryl methyl sites for hydroxylation is 4. The molecule has 134 valence electrons. The molecule has 0 saturated heterocycles. The molecule has 0 spiro atoms. The van der Waals surface area contributed by atoms with E-state index in [-0.39, 0.29) is 5.69 Å². The molecule has 3 rings (SSSR count). The molecule has 6 nitrogen and oxygen atoms in total. The fourth-order valence-electron chi connectivity index (χ4n) is 2.83. The van der Waals surface area contributed by atoms with E-state index in [1.807, 2.05) is 39.0 Å². The van der Waals surface area contributed by atoms with Gasteiger partial charge in [0.05, 0.1) is 23.8 Å². The Kier molecular flexibility index (Phi) is 4.50. The molecule has 0 radical (unpaired) electrons. The fourth-order valence-corrected chi connectivity index (χ4v) is 2.83. The Labute approximate surface area is 151 Å². The van der Waals surface area contributed by atoms with Gasteiger partial charge in [0.2, 0.25) is 0 Å². The summed E-state index contributed by atoms with van der Waals surface area (Å²) in [6.45, 7) is 5.86. The van der Waals surface area contributed by atoms with Gasteiger partial charge in [0, 0.05) is 7.05 Å². The quantitative estimate of drug-likeness (QED) is 0.787. The lowest BCUT2D eigenvalue weighted by Gasteiger charge is -2.12. The maximum absolute atomic E-state index is 12.7. The van der Waals surface area contributed by atoms with Crippen molar-refractivity contribution < 1.29 is 9.53 Å². The predicted molar refractivity (Wildman–Crippen MR) is 102 cm³/mol. The summed E-state index contributed by atoms with van der Waals surface area (Å²) < 4.78 is 6.73. The molecule has 0 aliphatic rings. The highest BCUT2D eigenvalue weighted by Crippen LogP contribution is 2.25. The first-order valence-corrected chi connectivity index (χ1v) is 8.25. The van der Waals surface area contributed by atoms with Crippen molar-refractivity contribution in [3.05, 3.63) is 63.1 Å². The van der Waals surface area contributed by atoms with E-state index >= 15 is 0 Å². The maximum atomic E-state index is 12.7. The second-order valence-electron chi connectivity index (χ2n) is 6.41. The van der Waals surface area contributed by atoms with E-state index in [1.165, 1.54) is 11.7 Å². The zero-order valence-corrected chi connectivity index (χ0v) is 15.5. The van der Waals surface area contributed by atoms with Gasteiger partial charge in [0.1, 0.15) is 5.75 Å². The Hall–Kier alpha value is -3.15. The molecule has 1 N–H and O–H groups in total. The van der Waals surface area contributed by atoms with Gasteiger partial charge in [-0.2, -0.15) is 0 Å². The number of rotatable bonds is 3. The van der Waals surface area contributed by atoms with Crippen molar-refractivity contribution in [3.8, 4) is 5.75 Å². The Morgan fingerprint density at radius 3 is 2.50 bits per heavy atom. The van der Waals surface area contributed by atoms with E-state index in [2.05, 4.69) is 10.3 Å². The van der Waals surface area contributed by atoms with Crippen LogP contribution < -0.4 is 15.6 Å². The number of aromatic nitrogens is 2. The number of carbonyl (C=O) groups is 1. The topological polar surface area (TPSA) is 73.2 Å². The molecule has 1 aromatic heterocycles. The summed E-state index contributed by atoms with van der Waals surface area (Å²) in [5.41, 5.74) is 4.30. The highest BCUT2D eigenvalue weighted by atomic mass is 16.5. The molecule has 1 amide bonds. The van der Waals surface area contributed by atoms with Crippen LogP contribution in [0.3, 0.4) is 0 Å². The SMILES string of the molecule is COc1ccc(C)cc1NC(=O)c1nc2cc(C)c(C)cc2n(C)c1=O. The lowest BCUT2D eigenvalue weighted by Crippen LogP contribution is -2.30. The molecule has 6 heteroatoms. The number of carbonyl (C=O) groups excluding carboxylic acids is 1. The van der Waals surface area contributed by atoms with E-state index in [0.717, 1.165) is 16.7 Å². The van der Waals surface area contributed by atoms with Crippen molar-refractivity contribution in [1.82, 2.24) is 9.55 Å². The van der Waals surface area contributed by atoms with Gasteiger partial charge < -0.3 is 14.6 Å². The molecular weight excluding hydrogens is 330 g/mol. The Balaban J connectivity index is 2.09. The van der Waals surface area contributed by atoms with Gasteiger partial charge in [-0.05, 0) is 61.7 Å². The molecular formula is C20H21N3O3. The summed E-state index contributed by atoms with van der Waals surface area (Å²) in [4.78, 5) is 29.7. The largest absolute Gasteiger partial charge is 0.495 e. The van der Waals surface area contributed by atoms with Gasteiger partial charge in [-0.25, -0.2) is 4.98 Å². The summed E-state index contributed by atoms with van der Waals surface area (Å²) in [7, 11) is 3.17. The summed E-state index contributed by atoms with van der Waals surface area (Å²) >= 11 is 0. The van der Waals surface area contributed by atoms with Crippen LogP contribution in [0.5, 0.6) is 5.75 Å². The van der Waals surface area contributed by atoms with Crippen molar-refractivity contribution in [2.24, 2.45) is 7.05 Å². The smallest absolute Gasteiger partial charge is 0.282 e. The summed E-state index contributed by atoms with van der Waals surface area (Å²) in [6, 6.07) is 9.23. The number of benzene rings is 2. The molecule has 0 aliphatic heterocycles. The minimum atomic E-state index is -0.561. The van der Waals surface area contributed by atoms with Gasteiger partial charge >= 0.3 is 0 Å². The van der Waals surface area contributed by atoms with Gasteiger partial charge in [-0.3, -0.25) is 9.59 Å². The van der Waals surface area contributed by atoms with Crippen LogP contribution in [-0.4, -0.2) is 22.6 Å². The first kappa shape index (κ1) is 17.7. The van der Waals surface area contributed by atoms with Crippen LogP contribution in [0.15, 0.2) is 35.1 Å². The molecule has 0 fully saturated rings. The number of amides is 1. The van der Waals surface area contributed by atoms with Crippen molar-refractivity contribution in [2.45, 2.75) is 20.8 Å². The van der Waals surface area contributed by atoms with E-state index in [4.69, 9.17) is 4.74 Å².